The second-order valence-electron chi connectivity index (χ2n) is 20.3. The Labute approximate surface area is 403 Å². The highest BCUT2D eigenvalue weighted by Crippen LogP contribution is 2.46. The van der Waals surface area contributed by atoms with Crippen LogP contribution in [0.3, 0.4) is 0 Å². The van der Waals surface area contributed by atoms with Crippen LogP contribution in [0.5, 0.6) is 11.5 Å². The molecule has 0 spiro atoms. The number of para-hydroxylation sites is 3. The average Bonchev–Trinajstić information content (AvgIpc) is 3.92. The number of hydrogen-bond acceptors (Lipinski definition) is 3. The molecule has 0 amide bonds. The maximum atomic E-state index is 9.05. The first-order valence-corrected chi connectivity index (χ1v) is 23.7. The predicted octanol–water partition coefficient (Wildman–Crippen LogP) is 17.4. The predicted molar refractivity (Wildman–Crippen MR) is 288 cm³/mol. The van der Waals surface area contributed by atoms with Crippen LogP contribution in [0.15, 0.2) is 188 Å². The molecule has 334 valence electrons. The van der Waals surface area contributed by atoms with Crippen molar-refractivity contribution in [2.75, 3.05) is 4.90 Å². The molecule has 0 fully saturated rings. The fraction of sp³-hybridized carbons (Fsp3) is 0.143. The van der Waals surface area contributed by atoms with Crippen molar-refractivity contribution in [1.29, 1.82) is 0 Å². The quantitative estimate of drug-likeness (QED) is 0.162. The van der Waals surface area contributed by atoms with Crippen molar-refractivity contribution in [3.8, 4) is 28.4 Å². The minimum absolute atomic E-state index is 0.0494. The van der Waals surface area contributed by atoms with Crippen molar-refractivity contribution in [3.05, 3.63) is 211 Å². The molecular formula is C63H51N5O. The molecule has 8 aromatic carbocycles. The van der Waals surface area contributed by atoms with Crippen molar-refractivity contribution in [2.45, 2.75) is 59.0 Å². The number of anilines is 2. The molecule has 4 heterocycles. The summed E-state index contributed by atoms with van der Waals surface area (Å²) in [6.45, 7) is 22.1. The molecule has 69 heavy (non-hydrogen) atoms. The number of pyridine rings is 1. The van der Waals surface area contributed by atoms with Gasteiger partial charge in [-0.1, -0.05) is 163 Å². The SMILES string of the molecule is [2H]c1cc(-c2cccc3c4ccccc4c4ccccc4c4cccc5c4n(c23)CN5c2cc([N+]#[C-])cc(Oc3ccc4c5ccccc5n(-c5cc(C(C)(C)C)ccn5)c4c3)c2)cc(C(C)(C)C)c1. The highest BCUT2D eigenvalue weighted by molar-refractivity contribution is 6.22. The fourth-order valence-corrected chi connectivity index (χ4v) is 10.4. The van der Waals surface area contributed by atoms with Gasteiger partial charge in [-0.05, 0) is 97.6 Å². The lowest BCUT2D eigenvalue weighted by Gasteiger charge is -2.22. The zero-order chi connectivity index (χ0) is 48.1. The van der Waals surface area contributed by atoms with Crippen LogP contribution in [0.4, 0.5) is 17.1 Å². The normalized spacial score (nSPS) is 12.9. The van der Waals surface area contributed by atoms with E-state index in [1.54, 1.807) is 0 Å². The molecular weight excluding hydrogens is 843 g/mol. The molecule has 1 aliphatic rings. The molecule has 6 nitrogen and oxygen atoms in total. The Morgan fingerprint density at radius 1 is 0.551 bits per heavy atom. The summed E-state index contributed by atoms with van der Waals surface area (Å²) in [4.78, 5) is 11.2. The lowest BCUT2D eigenvalue weighted by molar-refractivity contribution is 0.483. The van der Waals surface area contributed by atoms with E-state index in [9.17, 15) is 0 Å². The van der Waals surface area contributed by atoms with E-state index in [1.807, 2.05) is 36.5 Å². The maximum Gasteiger partial charge on any atom is 0.192 e. The average molecular weight is 895 g/mol. The second kappa shape index (κ2) is 15.9. The number of ether oxygens (including phenoxy) is 1. The summed E-state index contributed by atoms with van der Waals surface area (Å²) >= 11 is 0. The third-order valence-electron chi connectivity index (χ3n) is 13.9. The molecule has 12 rings (SSSR count). The first kappa shape index (κ1) is 40.8. The Kier molecular flexibility index (Phi) is 9.39. The maximum absolute atomic E-state index is 9.05. The Morgan fingerprint density at radius 2 is 1.17 bits per heavy atom. The van der Waals surface area contributed by atoms with Crippen LogP contribution < -0.4 is 9.64 Å². The van der Waals surface area contributed by atoms with Crippen LogP contribution >= 0.6 is 0 Å². The van der Waals surface area contributed by atoms with Crippen LogP contribution in [0, 0.1) is 6.57 Å². The molecule has 0 bridgehead atoms. The van der Waals surface area contributed by atoms with E-state index in [0.717, 1.165) is 99.0 Å². The van der Waals surface area contributed by atoms with E-state index in [0.29, 0.717) is 29.9 Å². The van der Waals surface area contributed by atoms with Gasteiger partial charge in [0.05, 0.1) is 35.7 Å². The third-order valence-corrected chi connectivity index (χ3v) is 13.9. The molecule has 0 unspecified atom stereocenters. The van der Waals surface area contributed by atoms with Gasteiger partial charge in [-0.3, -0.25) is 4.57 Å². The molecule has 0 saturated heterocycles. The molecule has 0 saturated carbocycles. The number of hydrogen-bond donors (Lipinski definition) is 0. The number of aromatic nitrogens is 3. The molecule has 0 N–H and O–H groups in total. The number of rotatable bonds is 5. The zero-order valence-electron chi connectivity index (χ0n) is 40.7. The van der Waals surface area contributed by atoms with E-state index < -0.39 is 0 Å². The van der Waals surface area contributed by atoms with Crippen LogP contribution in [-0.4, -0.2) is 14.1 Å². The van der Waals surface area contributed by atoms with Gasteiger partial charge < -0.3 is 14.2 Å². The highest BCUT2D eigenvalue weighted by Gasteiger charge is 2.27. The van der Waals surface area contributed by atoms with Crippen molar-refractivity contribution >= 4 is 82.2 Å². The first-order chi connectivity index (χ1) is 33.8. The summed E-state index contributed by atoms with van der Waals surface area (Å²) in [6.07, 6.45) is 1.90. The summed E-state index contributed by atoms with van der Waals surface area (Å²) in [6, 6.07) is 62.2. The minimum Gasteiger partial charge on any atom is -0.459 e. The van der Waals surface area contributed by atoms with Crippen LogP contribution in [0.1, 0.15) is 54.0 Å². The lowest BCUT2D eigenvalue weighted by Crippen LogP contribution is -2.15. The molecule has 0 atom stereocenters. The topological polar surface area (TPSA) is 39.6 Å². The minimum atomic E-state index is -0.155. The van der Waals surface area contributed by atoms with Gasteiger partial charge in [-0.2, -0.15) is 0 Å². The Balaban J connectivity index is 1.07. The van der Waals surface area contributed by atoms with Crippen LogP contribution in [0.25, 0.3) is 86.9 Å². The van der Waals surface area contributed by atoms with Gasteiger partial charge in [0.25, 0.3) is 0 Å². The van der Waals surface area contributed by atoms with Gasteiger partial charge in [0, 0.05) is 51.1 Å². The second-order valence-corrected chi connectivity index (χ2v) is 20.3. The van der Waals surface area contributed by atoms with Gasteiger partial charge in [-0.15, -0.1) is 0 Å². The van der Waals surface area contributed by atoms with Crippen molar-refractivity contribution in [3.63, 3.8) is 0 Å². The van der Waals surface area contributed by atoms with Gasteiger partial charge in [0.15, 0.2) is 5.69 Å². The van der Waals surface area contributed by atoms with Gasteiger partial charge in [-0.25, -0.2) is 9.83 Å². The third kappa shape index (κ3) is 7.04. The van der Waals surface area contributed by atoms with Gasteiger partial charge in [0.2, 0.25) is 0 Å². The number of fused-ring (bicyclic) bond motifs is 10. The number of benzene rings is 8. The van der Waals surface area contributed by atoms with Gasteiger partial charge >= 0.3 is 0 Å². The fourth-order valence-electron chi connectivity index (χ4n) is 10.4. The van der Waals surface area contributed by atoms with Crippen LogP contribution in [0.2, 0.25) is 0 Å². The zero-order valence-corrected chi connectivity index (χ0v) is 39.7. The molecule has 11 aromatic rings. The lowest BCUT2D eigenvalue weighted by atomic mass is 9.85. The van der Waals surface area contributed by atoms with E-state index in [4.69, 9.17) is 17.7 Å². The molecule has 3 aromatic heterocycles. The largest absolute Gasteiger partial charge is 0.459 e. The van der Waals surface area contributed by atoms with E-state index in [-0.39, 0.29) is 10.8 Å². The Bertz CT molecular complexity index is 4080. The summed E-state index contributed by atoms with van der Waals surface area (Å²) < 4.78 is 20.6. The molecule has 0 radical (unpaired) electrons. The summed E-state index contributed by atoms with van der Waals surface area (Å²) in [5.74, 6) is 2.07. The monoisotopic (exact) mass is 894 g/mol. The first-order valence-electron chi connectivity index (χ1n) is 24.2. The van der Waals surface area contributed by atoms with Gasteiger partial charge in [0.1, 0.15) is 24.0 Å². The van der Waals surface area contributed by atoms with Crippen molar-refractivity contribution in [1.82, 2.24) is 14.1 Å². The highest BCUT2D eigenvalue weighted by atomic mass is 16.5. The van der Waals surface area contributed by atoms with Crippen molar-refractivity contribution in [2.24, 2.45) is 0 Å². The molecule has 1 aliphatic heterocycles. The summed E-state index contributed by atoms with van der Waals surface area (Å²) in [5, 5.41) is 9.06. The molecule has 6 heteroatoms. The Morgan fingerprint density at radius 3 is 1.88 bits per heavy atom. The van der Waals surface area contributed by atoms with Crippen molar-refractivity contribution < 1.29 is 6.11 Å². The van der Waals surface area contributed by atoms with Crippen LogP contribution in [-0.2, 0) is 17.5 Å². The smallest absolute Gasteiger partial charge is 0.192 e. The Hall–Kier alpha value is -8.40. The van der Waals surface area contributed by atoms with E-state index in [1.165, 1.54) is 5.56 Å². The standard InChI is InChI=1S/C63H51N5O/c1-62(2,3)41-18-14-17-40(33-41)47-24-15-25-54-50-21-10-8-19-48(50)49-20-9-11-22-51(49)55-26-16-28-57-61(55)67(60(47)54)39-66(57)44-35-43(64-7)36-46(37-44)69-45-29-30-53-52-23-12-13-27-56(52)68(58(53)38-45)59-34-42(31-32-65-59)63(4,5)6/h8-38H,39H2,1-6H3/i14D. The van der Waals surface area contributed by atoms with E-state index >= 15 is 0 Å². The summed E-state index contributed by atoms with van der Waals surface area (Å²) in [5.41, 5.74) is 10.7. The number of nitrogens with zero attached hydrogens (tertiary/aromatic N) is 5. The molecule has 0 aliphatic carbocycles. The van der Waals surface area contributed by atoms with E-state index in [2.05, 4.69) is 206 Å². The summed E-state index contributed by atoms with van der Waals surface area (Å²) in [7, 11) is 0.